The molecule has 1 aromatic rings. The lowest BCUT2D eigenvalue weighted by molar-refractivity contribution is -0.289. The Bertz CT molecular complexity index is 409. The predicted molar refractivity (Wildman–Crippen MR) is 52.1 cm³/mol. The number of phenols is 1. The van der Waals surface area contributed by atoms with Crippen LogP contribution in [0.3, 0.4) is 0 Å². The largest absolute Gasteiger partial charge is 0.507 e. The molecule has 0 saturated carbocycles. The fraction of sp³-hybridized carbons (Fsp3) is 0.455. The van der Waals surface area contributed by atoms with Gasteiger partial charge in [0.2, 0.25) is 0 Å². The summed E-state index contributed by atoms with van der Waals surface area (Å²) in [4.78, 5) is 0. The lowest BCUT2D eigenvalue weighted by Crippen LogP contribution is -2.33. The van der Waals surface area contributed by atoms with Crippen LogP contribution in [0.1, 0.15) is 30.9 Å². The van der Waals surface area contributed by atoms with Gasteiger partial charge in [-0.3, -0.25) is 0 Å². The molecule has 1 rings (SSSR count). The highest BCUT2D eigenvalue weighted by Gasteiger charge is 2.59. The number of halogens is 5. The number of hydrogen-bond donors (Lipinski definition) is 1. The van der Waals surface area contributed by atoms with E-state index >= 15 is 0 Å². The summed E-state index contributed by atoms with van der Waals surface area (Å²) >= 11 is 0. The fourth-order valence-corrected chi connectivity index (χ4v) is 1.32. The number of alkyl halides is 5. The van der Waals surface area contributed by atoms with Crippen LogP contribution >= 0.6 is 0 Å². The SMILES string of the molecule is CC(C)c1ccc(O)c(C(F)(F)C(F)(F)F)c1. The van der Waals surface area contributed by atoms with Crippen LogP contribution in [0.4, 0.5) is 22.0 Å². The van der Waals surface area contributed by atoms with E-state index in [4.69, 9.17) is 5.11 Å². The minimum atomic E-state index is -5.72. The zero-order valence-electron chi connectivity index (χ0n) is 9.15. The van der Waals surface area contributed by atoms with E-state index < -0.39 is 23.4 Å². The van der Waals surface area contributed by atoms with Crippen LogP contribution in [0.5, 0.6) is 5.75 Å². The van der Waals surface area contributed by atoms with E-state index in [0.29, 0.717) is 11.6 Å². The number of aromatic hydroxyl groups is 1. The Balaban J connectivity index is 3.35. The van der Waals surface area contributed by atoms with Gasteiger partial charge in [0, 0.05) is 0 Å². The van der Waals surface area contributed by atoms with E-state index in [2.05, 4.69) is 0 Å². The Kier molecular flexibility index (Phi) is 3.36. The van der Waals surface area contributed by atoms with Gasteiger partial charge in [-0.15, -0.1) is 0 Å². The van der Waals surface area contributed by atoms with Crippen LogP contribution in [0, 0.1) is 0 Å². The van der Waals surface area contributed by atoms with Crippen molar-refractivity contribution in [1.29, 1.82) is 0 Å². The first-order valence-corrected chi connectivity index (χ1v) is 4.85. The normalized spacial score (nSPS) is 13.2. The van der Waals surface area contributed by atoms with Gasteiger partial charge in [0.15, 0.2) is 0 Å². The third kappa shape index (κ3) is 2.50. The number of phenolic OH excluding ortho intramolecular Hbond substituents is 1. The van der Waals surface area contributed by atoms with Crippen molar-refractivity contribution in [2.24, 2.45) is 0 Å². The van der Waals surface area contributed by atoms with Crippen molar-refractivity contribution in [3.63, 3.8) is 0 Å². The summed E-state index contributed by atoms with van der Waals surface area (Å²) in [6.07, 6.45) is -5.72. The molecular formula is C11H11F5O. The molecule has 0 aromatic heterocycles. The molecule has 0 atom stereocenters. The van der Waals surface area contributed by atoms with E-state index in [0.717, 1.165) is 6.07 Å². The van der Waals surface area contributed by atoms with Crippen LogP contribution < -0.4 is 0 Å². The average Bonchev–Trinajstić information content (AvgIpc) is 2.15. The van der Waals surface area contributed by atoms with E-state index in [9.17, 15) is 22.0 Å². The first-order chi connectivity index (χ1) is 7.57. The Labute approximate surface area is 94.9 Å². The van der Waals surface area contributed by atoms with Gasteiger partial charge in [0.05, 0.1) is 5.56 Å². The maximum absolute atomic E-state index is 13.1. The van der Waals surface area contributed by atoms with Crippen molar-refractivity contribution in [3.05, 3.63) is 29.3 Å². The lowest BCUT2D eigenvalue weighted by Gasteiger charge is -2.21. The molecule has 0 saturated heterocycles. The highest BCUT2D eigenvalue weighted by Crippen LogP contribution is 2.47. The standard InChI is InChI=1S/C11H11F5O/c1-6(2)7-3-4-9(17)8(5-7)10(12,13)11(14,15)16/h3-6,17H,1-2H3. The van der Waals surface area contributed by atoms with Gasteiger partial charge in [0.25, 0.3) is 0 Å². The predicted octanol–water partition coefficient (Wildman–Crippen LogP) is 4.17. The Morgan fingerprint density at radius 2 is 1.59 bits per heavy atom. The molecule has 0 bridgehead atoms. The molecule has 17 heavy (non-hydrogen) atoms. The van der Waals surface area contributed by atoms with Crippen LogP contribution in [-0.4, -0.2) is 11.3 Å². The minimum Gasteiger partial charge on any atom is -0.507 e. The van der Waals surface area contributed by atoms with Crippen LogP contribution in [0.25, 0.3) is 0 Å². The second-order valence-electron chi connectivity index (χ2n) is 4.00. The van der Waals surface area contributed by atoms with E-state index in [-0.39, 0.29) is 5.92 Å². The molecule has 0 aliphatic carbocycles. The fourth-order valence-electron chi connectivity index (χ4n) is 1.32. The minimum absolute atomic E-state index is 0.210. The van der Waals surface area contributed by atoms with Gasteiger partial charge in [-0.2, -0.15) is 22.0 Å². The van der Waals surface area contributed by atoms with Crippen molar-refractivity contribution < 1.29 is 27.1 Å². The van der Waals surface area contributed by atoms with Gasteiger partial charge >= 0.3 is 12.1 Å². The van der Waals surface area contributed by atoms with Gasteiger partial charge in [-0.1, -0.05) is 19.9 Å². The maximum atomic E-state index is 13.1. The van der Waals surface area contributed by atoms with Crippen LogP contribution in [0.15, 0.2) is 18.2 Å². The maximum Gasteiger partial charge on any atom is 0.458 e. The first-order valence-electron chi connectivity index (χ1n) is 4.85. The Morgan fingerprint density at radius 1 is 1.06 bits per heavy atom. The molecule has 6 heteroatoms. The van der Waals surface area contributed by atoms with Crippen molar-refractivity contribution in [2.45, 2.75) is 31.9 Å². The zero-order chi connectivity index (χ0) is 13.4. The zero-order valence-corrected chi connectivity index (χ0v) is 9.15. The van der Waals surface area contributed by atoms with Gasteiger partial charge in [0.1, 0.15) is 5.75 Å². The summed E-state index contributed by atoms with van der Waals surface area (Å²) in [7, 11) is 0. The molecule has 1 nitrogen and oxygen atoms in total. The topological polar surface area (TPSA) is 20.2 Å². The molecule has 0 aliphatic heterocycles. The van der Waals surface area contributed by atoms with Gasteiger partial charge in [-0.25, -0.2) is 0 Å². The first kappa shape index (κ1) is 13.7. The van der Waals surface area contributed by atoms with Gasteiger partial charge in [-0.05, 0) is 23.6 Å². The molecule has 0 unspecified atom stereocenters. The Hall–Kier alpha value is -1.33. The van der Waals surface area contributed by atoms with Crippen molar-refractivity contribution in [2.75, 3.05) is 0 Å². The monoisotopic (exact) mass is 254 g/mol. The second kappa shape index (κ2) is 4.16. The van der Waals surface area contributed by atoms with Crippen molar-refractivity contribution in [1.82, 2.24) is 0 Å². The molecule has 0 aliphatic rings. The third-order valence-electron chi connectivity index (χ3n) is 2.38. The Morgan fingerprint density at radius 3 is 2.00 bits per heavy atom. The summed E-state index contributed by atoms with van der Waals surface area (Å²) in [5, 5.41) is 9.14. The molecule has 1 aromatic carbocycles. The molecule has 1 N–H and O–H groups in total. The highest BCUT2D eigenvalue weighted by molar-refractivity contribution is 5.40. The molecule has 0 fully saturated rings. The van der Waals surface area contributed by atoms with Gasteiger partial charge < -0.3 is 5.11 Å². The van der Waals surface area contributed by atoms with E-state index in [1.165, 1.54) is 6.07 Å². The average molecular weight is 254 g/mol. The van der Waals surface area contributed by atoms with E-state index in [1.807, 2.05) is 0 Å². The summed E-state index contributed by atoms with van der Waals surface area (Å²) in [5.41, 5.74) is -1.10. The molecule has 0 amide bonds. The summed E-state index contributed by atoms with van der Waals surface area (Å²) in [5.74, 6) is -6.32. The van der Waals surface area contributed by atoms with Crippen molar-refractivity contribution in [3.8, 4) is 5.75 Å². The summed E-state index contributed by atoms with van der Waals surface area (Å²) in [6, 6.07) is 2.85. The second-order valence-corrected chi connectivity index (χ2v) is 4.00. The number of rotatable bonds is 2. The molecule has 0 radical (unpaired) electrons. The number of benzene rings is 1. The summed E-state index contributed by atoms with van der Waals surface area (Å²) < 4.78 is 62.7. The van der Waals surface area contributed by atoms with Crippen LogP contribution in [-0.2, 0) is 5.92 Å². The smallest absolute Gasteiger partial charge is 0.458 e. The van der Waals surface area contributed by atoms with Crippen molar-refractivity contribution >= 4 is 0 Å². The van der Waals surface area contributed by atoms with Crippen LogP contribution in [0.2, 0.25) is 0 Å². The summed E-state index contributed by atoms with van der Waals surface area (Å²) in [6.45, 7) is 3.31. The molecule has 0 heterocycles. The quantitative estimate of drug-likeness (QED) is 0.785. The third-order valence-corrected chi connectivity index (χ3v) is 2.38. The lowest BCUT2D eigenvalue weighted by atomic mass is 9.97. The number of hydrogen-bond acceptors (Lipinski definition) is 1. The molecule has 0 spiro atoms. The highest BCUT2D eigenvalue weighted by atomic mass is 19.4. The van der Waals surface area contributed by atoms with E-state index in [1.54, 1.807) is 13.8 Å². The molecular weight excluding hydrogens is 243 g/mol. The molecule has 96 valence electrons.